The molecule has 2 atom stereocenters. The minimum atomic E-state index is -0.369. The van der Waals surface area contributed by atoms with Crippen molar-refractivity contribution in [3.63, 3.8) is 0 Å². The molecule has 1 saturated heterocycles. The average molecular weight is 268 g/mol. The summed E-state index contributed by atoms with van der Waals surface area (Å²) in [6, 6.07) is -0.372. The van der Waals surface area contributed by atoms with E-state index >= 15 is 0 Å². The average Bonchev–Trinajstić information content (AvgIpc) is 2.45. The molecule has 0 radical (unpaired) electrons. The Bertz CT molecular complexity index is 324. The van der Waals surface area contributed by atoms with Crippen LogP contribution in [0.15, 0.2) is 0 Å². The van der Waals surface area contributed by atoms with Crippen molar-refractivity contribution >= 4 is 11.8 Å². The number of carbonyl (C=O) groups is 2. The maximum Gasteiger partial charge on any atom is 0.245 e. The van der Waals surface area contributed by atoms with Gasteiger partial charge in [-0.25, -0.2) is 0 Å². The molecule has 0 aromatic rings. The van der Waals surface area contributed by atoms with Gasteiger partial charge in [0, 0.05) is 19.0 Å². The minimum absolute atomic E-state index is 0.00292. The Labute approximate surface area is 116 Å². The van der Waals surface area contributed by atoms with Crippen molar-refractivity contribution in [1.29, 1.82) is 0 Å². The van der Waals surface area contributed by atoms with E-state index in [2.05, 4.69) is 19.2 Å². The van der Waals surface area contributed by atoms with Crippen LogP contribution in [0.3, 0.4) is 0 Å². The number of hydrogen-bond donors (Lipinski definition) is 1. The van der Waals surface area contributed by atoms with E-state index in [1.54, 1.807) is 0 Å². The minimum Gasteiger partial charge on any atom is -0.344 e. The molecule has 0 aromatic carbocycles. The molecule has 1 aliphatic heterocycles. The standard InChI is InChI=1S/C15H28N2O2/c1-6-12(7-2)9-17-11(5)8-13(18)16-14(10(3)4)15(17)19/h10-12,14H,6-9H2,1-5H3,(H,16,18). The number of rotatable bonds is 5. The van der Waals surface area contributed by atoms with Crippen LogP contribution >= 0.6 is 0 Å². The zero-order valence-electron chi connectivity index (χ0n) is 12.9. The number of carbonyl (C=O) groups excluding carboxylic acids is 2. The first-order valence-electron chi connectivity index (χ1n) is 7.50. The molecular formula is C15H28N2O2. The molecule has 1 fully saturated rings. The molecule has 4 heteroatoms. The first kappa shape index (κ1) is 16.0. The van der Waals surface area contributed by atoms with Crippen LogP contribution in [0.5, 0.6) is 0 Å². The molecule has 1 heterocycles. The largest absolute Gasteiger partial charge is 0.344 e. The molecular weight excluding hydrogens is 240 g/mol. The summed E-state index contributed by atoms with van der Waals surface area (Å²) >= 11 is 0. The monoisotopic (exact) mass is 268 g/mol. The van der Waals surface area contributed by atoms with E-state index in [1.807, 2.05) is 25.7 Å². The van der Waals surface area contributed by atoms with Crippen LogP contribution in [-0.4, -0.2) is 35.3 Å². The fourth-order valence-electron chi connectivity index (χ4n) is 2.62. The van der Waals surface area contributed by atoms with Gasteiger partial charge in [-0.3, -0.25) is 9.59 Å². The van der Waals surface area contributed by atoms with Crippen molar-refractivity contribution in [2.75, 3.05) is 6.54 Å². The van der Waals surface area contributed by atoms with E-state index in [9.17, 15) is 9.59 Å². The van der Waals surface area contributed by atoms with Crippen molar-refractivity contribution in [3.8, 4) is 0 Å². The molecule has 0 saturated carbocycles. The summed E-state index contributed by atoms with van der Waals surface area (Å²) < 4.78 is 0. The van der Waals surface area contributed by atoms with Crippen molar-refractivity contribution in [2.24, 2.45) is 11.8 Å². The molecule has 0 aliphatic carbocycles. The fourth-order valence-corrected chi connectivity index (χ4v) is 2.62. The van der Waals surface area contributed by atoms with Gasteiger partial charge in [0.15, 0.2) is 0 Å². The van der Waals surface area contributed by atoms with Gasteiger partial charge in [-0.15, -0.1) is 0 Å². The predicted octanol–water partition coefficient (Wildman–Crippen LogP) is 2.18. The molecule has 110 valence electrons. The van der Waals surface area contributed by atoms with Crippen LogP contribution in [0.25, 0.3) is 0 Å². The Morgan fingerprint density at radius 1 is 1.26 bits per heavy atom. The molecule has 0 bridgehead atoms. The van der Waals surface area contributed by atoms with Crippen LogP contribution in [0.2, 0.25) is 0 Å². The summed E-state index contributed by atoms with van der Waals surface area (Å²) in [5.74, 6) is 0.727. The summed E-state index contributed by atoms with van der Waals surface area (Å²) in [5.41, 5.74) is 0. The predicted molar refractivity (Wildman–Crippen MR) is 76.6 cm³/mol. The Morgan fingerprint density at radius 2 is 1.84 bits per heavy atom. The molecule has 19 heavy (non-hydrogen) atoms. The van der Waals surface area contributed by atoms with Gasteiger partial charge in [0.2, 0.25) is 11.8 Å². The second kappa shape index (κ2) is 6.92. The van der Waals surface area contributed by atoms with E-state index in [0.717, 1.165) is 19.4 Å². The number of nitrogens with zero attached hydrogens (tertiary/aromatic N) is 1. The molecule has 0 spiro atoms. The van der Waals surface area contributed by atoms with Gasteiger partial charge in [0.1, 0.15) is 6.04 Å². The molecule has 1 N–H and O–H groups in total. The van der Waals surface area contributed by atoms with Gasteiger partial charge in [-0.05, 0) is 18.8 Å². The molecule has 4 nitrogen and oxygen atoms in total. The van der Waals surface area contributed by atoms with Gasteiger partial charge in [-0.2, -0.15) is 0 Å². The number of hydrogen-bond acceptors (Lipinski definition) is 2. The quantitative estimate of drug-likeness (QED) is 0.831. The van der Waals surface area contributed by atoms with Gasteiger partial charge in [0.05, 0.1) is 0 Å². The first-order chi connectivity index (χ1) is 8.90. The maximum absolute atomic E-state index is 12.6. The fraction of sp³-hybridized carbons (Fsp3) is 0.867. The van der Waals surface area contributed by atoms with E-state index in [-0.39, 0.29) is 29.8 Å². The molecule has 0 aromatic heterocycles. The topological polar surface area (TPSA) is 49.4 Å². The van der Waals surface area contributed by atoms with E-state index in [4.69, 9.17) is 0 Å². The summed E-state index contributed by atoms with van der Waals surface area (Å²) in [5, 5.41) is 2.87. The second-order valence-electron chi connectivity index (χ2n) is 6.02. The maximum atomic E-state index is 12.6. The zero-order valence-corrected chi connectivity index (χ0v) is 12.9. The van der Waals surface area contributed by atoms with Crippen molar-refractivity contribution in [1.82, 2.24) is 10.2 Å². The third kappa shape index (κ3) is 3.95. The summed E-state index contributed by atoms with van der Waals surface area (Å²) in [6.07, 6.45) is 2.55. The Kier molecular flexibility index (Phi) is 5.83. The first-order valence-corrected chi connectivity index (χ1v) is 7.50. The third-order valence-electron chi connectivity index (χ3n) is 4.15. The van der Waals surface area contributed by atoms with Gasteiger partial charge >= 0.3 is 0 Å². The summed E-state index contributed by atoms with van der Waals surface area (Å²) in [6.45, 7) is 11.0. The molecule has 1 aliphatic rings. The summed E-state index contributed by atoms with van der Waals surface area (Å²) in [7, 11) is 0. The smallest absolute Gasteiger partial charge is 0.245 e. The highest BCUT2D eigenvalue weighted by Crippen LogP contribution is 2.19. The van der Waals surface area contributed by atoms with E-state index in [1.165, 1.54) is 0 Å². The highest BCUT2D eigenvalue weighted by Gasteiger charge is 2.35. The van der Waals surface area contributed by atoms with E-state index < -0.39 is 0 Å². The van der Waals surface area contributed by atoms with Crippen LogP contribution in [0.4, 0.5) is 0 Å². The Balaban J connectivity index is 2.91. The zero-order chi connectivity index (χ0) is 14.6. The van der Waals surface area contributed by atoms with Crippen LogP contribution in [0.1, 0.15) is 53.9 Å². The van der Waals surface area contributed by atoms with Crippen LogP contribution in [0, 0.1) is 11.8 Å². The highest BCUT2D eigenvalue weighted by molar-refractivity contribution is 5.90. The number of nitrogens with one attached hydrogen (secondary N) is 1. The van der Waals surface area contributed by atoms with Crippen LogP contribution < -0.4 is 5.32 Å². The Morgan fingerprint density at radius 3 is 2.32 bits per heavy atom. The molecule has 2 amide bonds. The van der Waals surface area contributed by atoms with Gasteiger partial charge < -0.3 is 10.2 Å². The lowest BCUT2D eigenvalue weighted by Gasteiger charge is -2.32. The van der Waals surface area contributed by atoms with Crippen molar-refractivity contribution < 1.29 is 9.59 Å². The highest BCUT2D eigenvalue weighted by atomic mass is 16.2. The SMILES string of the molecule is CCC(CC)CN1C(=O)C(C(C)C)NC(=O)CC1C. The third-order valence-corrected chi connectivity index (χ3v) is 4.15. The van der Waals surface area contributed by atoms with Crippen molar-refractivity contribution in [3.05, 3.63) is 0 Å². The van der Waals surface area contributed by atoms with Gasteiger partial charge in [-0.1, -0.05) is 40.5 Å². The molecule has 1 rings (SSSR count). The second-order valence-corrected chi connectivity index (χ2v) is 6.02. The molecule has 2 unspecified atom stereocenters. The van der Waals surface area contributed by atoms with Crippen molar-refractivity contribution in [2.45, 2.75) is 66.0 Å². The Hall–Kier alpha value is -1.06. The van der Waals surface area contributed by atoms with E-state index in [0.29, 0.717) is 12.3 Å². The normalized spacial score (nSPS) is 24.9. The lowest BCUT2D eigenvalue weighted by molar-refractivity contribution is -0.136. The summed E-state index contributed by atoms with van der Waals surface area (Å²) in [4.78, 5) is 26.4. The lowest BCUT2D eigenvalue weighted by atomic mass is 9.99. The van der Waals surface area contributed by atoms with Gasteiger partial charge in [0.25, 0.3) is 0 Å². The van der Waals surface area contributed by atoms with Crippen LogP contribution in [-0.2, 0) is 9.59 Å². The number of amides is 2. The lowest BCUT2D eigenvalue weighted by Crippen LogP contribution is -2.50.